The number of hydrogen-bond acceptors (Lipinski definition) is 3. The maximum atomic E-state index is 9.21. The van der Waals surface area contributed by atoms with Gasteiger partial charge in [0.05, 0.1) is 0 Å². The van der Waals surface area contributed by atoms with Gasteiger partial charge in [0, 0.05) is 0 Å². The molecule has 0 aliphatic heterocycles. The molecule has 0 heterocycles. The molecule has 0 aromatic carbocycles. The Morgan fingerprint density at radius 2 is 1.30 bits per heavy atom. The van der Waals surface area contributed by atoms with Gasteiger partial charge in [-0.25, -0.2) is 9.59 Å². The van der Waals surface area contributed by atoms with Gasteiger partial charge in [-0.2, -0.15) is 0 Å². The first-order valence-corrected chi connectivity index (χ1v) is 2.76. The van der Waals surface area contributed by atoms with Gasteiger partial charge in [-0.1, -0.05) is 19.3 Å². The van der Waals surface area contributed by atoms with Crippen molar-refractivity contribution in [2.75, 3.05) is 0 Å². The maximum Gasteiger partial charge on any atom is 0.516 e. The Hall–Kier alpha value is -1.26. The summed E-state index contributed by atoms with van der Waals surface area (Å²) in [5.41, 5.74) is 0. The smallest absolute Gasteiger partial charge is 0.449 e. The van der Waals surface area contributed by atoms with Crippen molar-refractivity contribution >= 4 is 12.3 Å². The molecule has 0 unspecified atom stereocenters. The zero-order chi connectivity index (χ0) is 7.98. The number of ether oxygens (including phenoxy) is 1. The Morgan fingerprint density at radius 1 is 1.00 bits per heavy atom. The van der Waals surface area contributed by atoms with E-state index >= 15 is 0 Å². The van der Waals surface area contributed by atoms with Crippen molar-refractivity contribution in [3.8, 4) is 0 Å². The zero-order valence-electron chi connectivity index (χ0n) is 5.24. The second-order valence-corrected chi connectivity index (χ2v) is 1.69. The molecule has 58 valence electrons. The van der Waals surface area contributed by atoms with Crippen LogP contribution in [0.15, 0.2) is 0 Å². The van der Waals surface area contributed by atoms with Gasteiger partial charge in [0.15, 0.2) is 0 Å². The highest BCUT2D eigenvalue weighted by molar-refractivity contribution is 5.74. The molecule has 1 fully saturated rings. The predicted octanol–water partition coefficient (Wildman–Crippen LogP) is 1.53. The van der Waals surface area contributed by atoms with E-state index in [1.54, 1.807) is 0 Å². The lowest BCUT2D eigenvalue weighted by Gasteiger charge is -1.84. The summed E-state index contributed by atoms with van der Waals surface area (Å²) in [5, 5.41) is 15.0. The van der Waals surface area contributed by atoms with E-state index in [2.05, 4.69) is 4.74 Å². The summed E-state index contributed by atoms with van der Waals surface area (Å²) < 4.78 is 3.08. The summed E-state index contributed by atoms with van der Waals surface area (Å²) in [5.74, 6) is 0. The van der Waals surface area contributed by atoms with E-state index in [0.29, 0.717) is 0 Å². The molecule has 1 aliphatic carbocycles. The summed E-state index contributed by atoms with van der Waals surface area (Å²) in [4.78, 5) is 18.4. The molecule has 10 heavy (non-hydrogen) atoms. The second kappa shape index (κ2) is 4.60. The zero-order valence-corrected chi connectivity index (χ0v) is 5.24. The molecule has 1 saturated carbocycles. The van der Waals surface area contributed by atoms with Gasteiger partial charge in [0.2, 0.25) is 0 Å². The van der Waals surface area contributed by atoms with Crippen LogP contribution in [-0.2, 0) is 4.74 Å². The Labute approximate surface area is 57.2 Å². The molecule has 0 saturated heterocycles. The fourth-order valence-electron chi connectivity index (χ4n) is 0.0747. The minimum Gasteiger partial charge on any atom is -0.449 e. The molecule has 1 aliphatic rings. The first-order chi connectivity index (χ1) is 4.63. The summed E-state index contributed by atoms with van der Waals surface area (Å²) in [6.07, 6.45) is 0.875. The molecule has 0 aromatic heterocycles. The Balaban J connectivity index is 0.000000219. The van der Waals surface area contributed by atoms with Gasteiger partial charge >= 0.3 is 12.3 Å². The normalized spacial score (nSPS) is 12.4. The largest absolute Gasteiger partial charge is 0.516 e. The molecule has 5 heteroatoms. The van der Waals surface area contributed by atoms with Crippen LogP contribution in [0.5, 0.6) is 0 Å². The van der Waals surface area contributed by atoms with Gasteiger partial charge in [0.25, 0.3) is 0 Å². The molecule has 5 nitrogen and oxygen atoms in total. The Bertz CT molecular complexity index is 113. The fraction of sp³-hybridized carbons (Fsp3) is 0.600. The molecule has 0 radical (unpaired) electrons. The fourth-order valence-corrected chi connectivity index (χ4v) is 0.0747. The minimum absolute atomic E-state index is 1.50. The molecule has 0 spiro atoms. The second-order valence-electron chi connectivity index (χ2n) is 1.69. The van der Waals surface area contributed by atoms with Gasteiger partial charge in [-0.05, 0) is 0 Å². The summed E-state index contributed by atoms with van der Waals surface area (Å²) >= 11 is 0. The van der Waals surface area contributed by atoms with Crippen molar-refractivity contribution in [1.29, 1.82) is 0 Å². The van der Waals surface area contributed by atoms with E-state index in [-0.39, 0.29) is 0 Å². The molecule has 2 N–H and O–H groups in total. The lowest BCUT2D eigenvalue weighted by molar-refractivity contribution is 0.0802. The predicted molar refractivity (Wildman–Crippen MR) is 31.0 cm³/mol. The third kappa shape index (κ3) is 15.9. The molecule has 1 rings (SSSR count). The maximum absolute atomic E-state index is 9.21. The third-order valence-corrected chi connectivity index (χ3v) is 0.528. The third-order valence-electron chi connectivity index (χ3n) is 0.528. The van der Waals surface area contributed by atoms with Gasteiger partial charge in [-0.3, -0.25) is 0 Å². The first kappa shape index (κ1) is 8.74. The molecule has 0 atom stereocenters. The first-order valence-electron chi connectivity index (χ1n) is 2.76. The van der Waals surface area contributed by atoms with Crippen LogP contribution in [-0.4, -0.2) is 22.5 Å². The van der Waals surface area contributed by atoms with Crippen molar-refractivity contribution in [1.82, 2.24) is 0 Å². The van der Waals surface area contributed by atoms with E-state index < -0.39 is 12.3 Å². The summed E-state index contributed by atoms with van der Waals surface area (Å²) in [6.45, 7) is 0. The number of carbonyl (C=O) groups is 2. The van der Waals surface area contributed by atoms with Crippen LogP contribution in [0.2, 0.25) is 0 Å². The van der Waals surface area contributed by atoms with Crippen molar-refractivity contribution in [3.05, 3.63) is 0 Å². The van der Waals surface area contributed by atoms with Crippen molar-refractivity contribution in [2.24, 2.45) is 0 Å². The minimum atomic E-state index is -1.81. The van der Waals surface area contributed by atoms with Crippen LogP contribution in [0.25, 0.3) is 0 Å². The monoisotopic (exact) mass is 148 g/mol. The highest BCUT2D eigenvalue weighted by Gasteiger charge is 2.01. The summed E-state index contributed by atoms with van der Waals surface area (Å²) in [7, 11) is 0. The highest BCUT2D eigenvalue weighted by atomic mass is 16.7. The molecular weight excluding hydrogens is 140 g/mol. The van der Waals surface area contributed by atoms with E-state index in [1.165, 1.54) is 19.3 Å². The lowest BCUT2D eigenvalue weighted by Crippen LogP contribution is -2.05. The SMILES string of the molecule is C1CC1.O=C(O)OC(=O)O. The van der Waals surface area contributed by atoms with E-state index in [0.717, 1.165) is 0 Å². The average Bonchev–Trinajstić information content (AvgIpc) is 2.38. The number of hydrogen-bond donors (Lipinski definition) is 2. The van der Waals surface area contributed by atoms with Gasteiger partial charge in [0.1, 0.15) is 0 Å². The van der Waals surface area contributed by atoms with E-state index in [1.807, 2.05) is 0 Å². The molecule has 0 aromatic rings. The molecule has 0 amide bonds. The standard InChI is InChI=1S/C3H6.C2H2O5/c1-2-3-1;3-1(4)7-2(5)6/h1-3H2;(H,3,4)(H,5,6). The number of carboxylic acid groups (broad SMARTS) is 2. The van der Waals surface area contributed by atoms with Crippen molar-refractivity contribution < 1.29 is 24.5 Å². The highest BCUT2D eigenvalue weighted by Crippen LogP contribution is 2.14. The van der Waals surface area contributed by atoms with E-state index in [4.69, 9.17) is 10.2 Å². The summed E-state index contributed by atoms with van der Waals surface area (Å²) in [6, 6.07) is 0. The van der Waals surface area contributed by atoms with E-state index in [9.17, 15) is 9.59 Å². The van der Waals surface area contributed by atoms with Crippen LogP contribution in [0, 0.1) is 0 Å². The van der Waals surface area contributed by atoms with Crippen LogP contribution < -0.4 is 0 Å². The Morgan fingerprint density at radius 3 is 1.30 bits per heavy atom. The number of rotatable bonds is 0. The Kier molecular flexibility index (Phi) is 4.02. The quantitative estimate of drug-likeness (QED) is 0.402. The van der Waals surface area contributed by atoms with Crippen LogP contribution in [0.4, 0.5) is 9.59 Å². The topological polar surface area (TPSA) is 83.8 Å². The van der Waals surface area contributed by atoms with Crippen LogP contribution >= 0.6 is 0 Å². The van der Waals surface area contributed by atoms with Crippen LogP contribution in [0.1, 0.15) is 19.3 Å². The molecule has 0 bridgehead atoms. The van der Waals surface area contributed by atoms with Gasteiger partial charge in [-0.15, -0.1) is 0 Å². The molecular formula is C5H8O5. The average molecular weight is 148 g/mol. The van der Waals surface area contributed by atoms with Gasteiger partial charge < -0.3 is 14.9 Å². The van der Waals surface area contributed by atoms with Crippen molar-refractivity contribution in [2.45, 2.75) is 19.3 Å². The van der Waals surface area contributed by atoms with Crippen molar-refractivity contribution in [3.63, 3.8) is 0 Å². The lowest BCUT2D eigenvalue weighted by atomic mass is 11.0. The van der Waals surface area contributed by atoms with Crippen LogP contribution in [0.3, 0.4) is 0 Å².